The number of aromatic nitrogens is 4. The van der Waals surface area contributed by atoms with E-state index in [9.17, 15) is 0 Å². The molecule has 0 spiro atoms. The summed E-state index contributed by atoms with van der Waals surface area (Å²) >= 11 is 0. The Balaban J connectivity index is 1.51. The number of rotatable bonds is 5. The first kappa shape index (κ1) is 20.4. The van der Waals surface area contributed by atoms with Gasteiger partial charge in [0, 0.05) is 23.5 Å². The summed E-state index contributed by atoms with van der Waals surface area (Å²) in [7, 11) is 0. The number of hydrogen-bond donors (Lipinski definition) is 2. The van der Waals surface area contributed by atoms with E-state index in [2.05, 4.69) is 29.2 Å². The van der Waals surface area contributed by atoms with E-state index < -0.39 is 0 Å². The average molecular weight is 449 g/mol. The molecule has 5 aromatic rings. The molecule has 3 heterocycles. The van der Waals surface area contributed by atoms with Gasteiger partial charge in [-0.05, 0) is 67.3 Å². The summed E-state index contributed by atoms with van der Waals surface area (Å²) in [6.45, 7) is 0. The Bertz CT molecular complexity index is 1470. The molecule has 168 valence electrons. The Hall–Kier alpha value is -4.23. The van der Waals surface area contributed by atoms with Crippen molar-refractivity contribution in [3.63, 3.8) is 0 Å². The largest absolute Gasteiger partial charge is 0.439 e. The van der Waals surface area contributed by atoms with E-state index in [0.717, 1.165) is 40.9 Å². The van der Waals surface area contributed by atoms with Gasteiger partial charge < -0.3 is 16.2 Å². The third kappa shape index (κ3) is 3.47. The maximum Gasteiger partial charge on any atom is 0.221 e. The quantitative estimate of drug-likeness (QED) is 0.383. The first-order chi connectivity index (χ1) is 16.6. The lowest BCUT2D eigenvalue weighted by Crippen LogP contribution is -2.43. The predicted octanol–water partition coefficient (Wildman–Crippen LogP) is 5.19. The molecule has 0 unspecified atom stereocenters. The molecular formula is C27H24N6O. The highest BCUT2D eigenvalue weighted by molar-refractivity contribution is 5.83. The molecule has 4 N–H and O–H groups in total. The number of nitrogen functional groups attached to an aromatic ring is 1. The molecule has 34 heavy (non-hydrogen) atoms. The van der Waals surface area contributed by atoms with E-state index in [1.54, 1.807) is 6.20 Å². The SMILES string of the molecule is Nc1ncccc1-c1nc2ccc(Oc3ccccc3)nc2n1-c1ccc(C2(N)CCC2)cc1. The van der Waals surface area contributed by atoms with Crippen molar-refractivity contribution in [3.8, 4) is 28.7 Å². The van der Waals surface area contributed by atoms with E-state index in [0.29, 0.717) is 23.2 Å². The van der Waals surface area contributed by atoms with Crippen molar-refractivity contribution in [1.82, 2.24) is 19.5 Å². The van der Waals surface area contributed by atoms with Gasteiger partial charge in [-0.3, -0.25) is 4.57 Å². The van der Waals surface area contributed by atoms with E-state index in [-0.39, 0.29) is 5.54 Å². The Morgan fingerprint density at radius 1 is 0.853 bits per heavy atom. The lowest BCUT2D eigenvalue weighted by Gasteiger charge is -2.38. The Kier molecular flexibility index (Phi) is 4.78. The monoisotopic (exact) mass is 448 g/mol. The zero-order chi connectivity index (χ0) is 23.1. The number of nitrogens with two attached hydrogens (primary N) is 2. The minimum atomic E-state index is -0.221. The molecule has 0 radical (unpaired) electrons. The standard InChI is InChI=1S/C27H24N6O/c28-24-21(8-4-17-30-24)25-31-22-13-14-23(34-20-6-2-1-3-7-20)32-26(22)33(25)19-11-9-18(10-12-19)27(29)15-5-16-27/h1-4,6-14,17H,5,15-16,29H2,(H2,28,30). The van der Waals surface area contributed by atoms with E-state index in [1.807, 2.05) is 59.2 Å². The molecule has 0 aliphatic heterocycles. The van der Waals surface area contributed by atoms with Gasteiger partial charge in [0.2, 0.25) is 5.88 Å². The lowest BCUT2D eigenvalue weighted by molar-refractivity contribution is 0.253. The van der Waals surface area contributed by atoms with Crippen LogP contribution in [0, 0.1) is 0 Å². The highest BCUT2D eigenvalue weighted by Crippen LogP contribution is 2.39. The van der Waals surface area contributed by atoms with Crippen LogP contribution in [0.4, 0.5) is 5.82 Å². The van der Waals surface area contributed by atoms with Gasteiger partial charge in [-0.2, -0.15) is 4.98 Å². The maximum atomic E-state index is 6.54. The average Bonchev–Trinajstić information content (AvgIpc) is 3.22. The zero-order valence-electron chi connectivity index (χ0n) is 18.6. The topological polar surface area (TPSA) is 105 Å². The second-order valence-electron chi connectivity index (χ2n) is 8.67. The lowest BCUT2D eigenvalue weighted by atomic mass is 9.73. The summed E-state index contributed by atoms with van der Waals surface area (Å²) < 4.78 is 7.99. The van der Waals surface area contributed by atoms with Crippen LogP contribution in [0.3, 0.4) is 0 Å². The van der Waals surface area contributed by atoms with Crippen LogP contribution in [0.5, 0.6) is 11.6 Å². The molecular weight excluding hydrogens is 424 g/mol. The number of anilines is 1. The maximum absolute atomic E-state index is 6.54. The smallest absolute Gasteiger partial charge is 0.221 e. The number of nitrogens with zero attached hydrogens (tertiary/aromatic N) is 4. The normalized spacial score (nSPS) is 14.6. The van der Waals surface area contributed by atoms with Gasteiger partial charge in [-0.25, -0.2) is 9.97 Å². The fourth-order valence-corrected chi connectivity index (χ4v) is 4.43. The summed E-state index contributed by atoms with van der Waals surface area (Å²) in [4.78, 5) is 13.9. The molecule has 6 rings (SSSR count). The highest BCUT2D eigenvalue weighted by atomic mass is 16.5. The minimum Gasteiger partial charge on any atom is -0.439 e. The van der Waals surface area contributed by atoms with E-state index in [4.69, 9.17) is 26.2 Å². The summed E-state index contributed by atoms with van der Waals surface area (Å²) in [5.41, 5.74) is 16.8. The predicted molar refractivity (Wildman–Crippen MR) is 133 cm³/mol. The summed E-state index contributed by atoms with van der Waals surface area (Å²) in [6, 6.07) is 25.4. The fraction of sp³-hybridized carbons (Fsp3) is 0.148. The number of fused-ring (bicyclic) bond motifs is 1. The number of pyridine rings is 2. The molecule has 1 aliphatic rings. The summed E-state index contributed by atoms with van der Waals surface area (Å²) in [6.07, 6.45) is 4.87. The second-order valence-corrected chi connectivity index (χ2v) is 8.67. The van der Waals surface area contributed by atoms with Crippen molar-refractivity contribution in [1.29, 1.82) is 0 Å². The van der Waals surface area contributed by atoms with Gasteiger partial charge in [0.1, 0.15) is 17.1 Å². The molecule has 0 bridgehead atoms. The minimum absolute atomic E-state index is 0.221. The zero-order valence-corrected chi connectivity index (χ0v) is 18.6. The van der Waals surface area contributed by atoms with Crippen molar-refractivity contribution in [2.75, 3.05) is 5.73 Å². The second kappa shape index (κ2) is 7.97. The molecule has 1 fully saturated rings. The Labute approximate surface area is 197 Å². The molecule has 0 amide bonds. The van der Waals surface area contributed by atoms with Gasteiger partial charge >= 0.3 is 0 Å². The van der Waals surface area contributed by atoms with Crippen LogP contribution in [-0.4, -0.2) is 19.5 Å². The van der Waals surface area contributed by atoms with Gasteiger partial charge in [-0.15, -0.1) is 0 Å². The third-order valence-corrected chi connectivity index (χ3v) is 6.47. The van der Waals surface area contributed by atoms with E-state index >= 15 is 0 Å². The molecule has 0 atom stereocenters. The molecule has 3 aromatic heterocycles. The van der Waals surface area contributed by atoms with Gasteiger partial charge in [0.25, 0.3) is 0 Å². The number of benzene rings is 2. The highest BCUT2D eigenvalue weighted by Gasteiger charge is 2.34. The Morgan fingerprint density at radius 3 is 2.35 bits per heavy atom. The Morgan fingerprint density at radius 2 is 1.65 bits per heavy atom. The van der Waals surface area contributed by atoms with Crippen LogP contribution in [0.2, 0.25) is 0 Å². The van der Waals surface area contributed by atoms with Crippen LogP contribution in [0.1, 0.15) is 24.8 Å². The van der Waals surface area contributed by atoms with E-state index in [1.165, 1.54) is 6.42 Å². The number of imidazole rings is 1. The number of ether oxygens (including phenoxy) is 1. The third-order valence-electron chi connectivity index (χ3n) is 6.47. The molecule has 1 aliphatic carbocycles. The van der Waals surface area contributed by atoms with Crippen molar-refractivity contribution in [2.45, 2.75) is 24.8 Å². The van der Waals surface area contributed by atoms with Crippen LogP contribution < -0.4 is 16.2 Å². The van der Waals surface area contributed by atoms with Crippen molar-refractivity contribution >= 4 is 17.0 Å². The van der Waals surface area contributed by atoms with Crippen LogP contribution >= 0.6 is 0 Å². The van der Waals surface area contributed by atoms with Crippen molar-refractivity contribution in [3.05, 3.63) is 90.6 Å². The summed E-state index contributed by atoms with van der Waals surface area (Å²) in [5.74, 6) is 2.28. The molecule has 2 aromatic carbocycles. The number of hydrogen-bond acceptors (Lipinski definition) is 6. The van der Waals surface area contributed by atoms with Gasteiger partial charge in [0.05, 0.1) is 5.56 Å². The van der Waals surface area contributed by atoms with Crippen LogP contribution in [-0.2, 0) is 5.54 Å². The molecule has 7 heteroatoms. The van der Waals surface area contributed by atoms with Gasteiger partial charge in [0.15, 0.2) is 11.5 Å². The first-order valence-electron chi connectivity index (χ1n) is 11.3. The van der Waals surface area contributed by atoms with Crippen molar-refractivity contribution in [2.24, 2.45) is 5.73 Å². The first-order valence-corrected chi connectivity index (χ1v) is 11.3. The van der Waals surface area contributed by atoms with Gasteiger partial charge in [-0.1, -0.05) is 30.3 Å². The van der Waals surface area contributed by atoms with Crippen LogP contribution in [0.15, 0.2) is 85.1 Å². The number of para-hydroxylation sites is 1. The van der Waals surface area contributed by atoms with Crippen LogP contribution in [0.25, 0.3) is 28.2 Å². The molecule has 1 saturated carbocycles. The molecule has 0 saturated heterocycles. The fourth-order valence-electron chi connectivity index (χ4n) is 4.43. The van der Waals surface area contributed by atoms with Crippen molar-refractivity contribution < 1.29 is 4.74 Å². The summed E-state index contributed by atoms with van der Waals surface area (Å²) in [5, 5.41) is 0. The molecule has 7 nitrogen and oxygen atoms in total.